The first-order chi connectivity index (χ1) is 23.6. The third kappa shape index (κ3) is 7.59. The Hall–Kier alpha value is -4.45. The van der Waals surface area contributed by atoms with Gasteiger partial charge in [0, 0.05) is 12.7 Å². The number of benzene rings is 2. The van der Waals surface area contributed by atoms with Crippen molar-refractivity contribution < 1.29 is 21.3 Å². The van der Waals surface area contributed by atoms with Crippen LogP contribution < -0.4 is 9.97 Å². The number of aryl methyl sites for hydroxylation is 2. The van der Waals surface area contributed by atoms with Gasteiger partial charge in [0.05, 0.1) is 22.8 Å². The Morgan fingerprint density at radius 3 is 1.51 bits per heavy atom. The van der Waals surface area contributed by atoms with Gasteiger partial charge >= 0.3 is 16.5 Å². The van der Waals surface area contributed by atoms with E-state index in [9.17, 15) is 4.79 Å². The molecule has 0 saturated carbocycles. The molecule has 0 saturated heterocycles. The van der Waals surface area contributed by atoms with Crippen LogP contribution in [-0.4, -0.2) is 20.8 Å². The third-order valence-electron chi connectivity index (χ3n) is 8.85. The number of unbranched alkanes of at least 4 members (excludes halogenated alkanes) is 2. The van der Waals surface area contributed by atoms with Crippen molar-refractivity contribution in [1.29, 1.82) is 0 Å². The topological polar surface area (TPSA) is 71.1 Å². The van der Waals surface area contributed by atoms with E-state index in [1.807, 2.05) is 12.1 Å². The molecule has 0 unspecified atom stereocenters. The minimum Gasteiger partial charge on any atom is -0.657 e. The number of aromatic nitrogens is 4. The van der Waals surface area contributed by atoms with Crippen molar-refractivity contribution in [2.45, 2.75) is 52.4 Å². The van der Waals surface area contributed by atoms with E-state index in [0.29, 0.717) is 0 Å². The number of carbonyl (C=O) groups is 1. The summed E-state index contributed by atoms with van der Waals surface area (Å²) in [6, 6.07) is 29.4. The quantitative estimate of drug-likeness (QED) is 0.104. The first-order valence-corrected chi connectivity index (χ1v) is 17.8. The average molecular weight is 706 g/mol. The fourth-order valence-corrected chi connectivity index (χ4v) is 7.13. The average Bonchev–Trinajstić information content (AvgIpc) is 3.94. The molecule has 5 nitrogen and oxygen atoms in total. The van der Waals surface area contributed by atoms with Gasteiger partial charge in [0.1, 0.15) is 0 Å². The van der Waals surface area contributed by atoms with E-state index in [2.05, 4.69) is 104 Å². The summed E-state index contributed by atoms with van der Waals surface area (Å²) < 4.78 is 0. The Kier molecular flexibility index (Phi) is 11.1. The van der Waals surface area contributed by atoms with Crippen molar-refractivity contribution in [1.82, 2.24) is 19.9 Å². The van der Waals surface area contributed by atoms with E-state index in [1.165, 1.54) is 11.8 Å². The van der Waals surface area contributed by atoms with E-state index < -0.39 is 0 Å². The number of fused-ring (bicyclic) bond motifs is 8. The molecule has 5 aromatic rings. The molecule has 3 aromatic heterocycles. The summed E-state index contributed by atoms with van der Waals surface area (Å²) in [4.78, 5) is 32.7. The van der Waals surface area contributed by atoms with Gasteiger partial charge in [-0.25, -0.2) is 9.97 Å². The molecule has 2 aliphatic heterocycles. The molecule has 0 amide bonds. The largest absolute Gasteiger partial charge is 2.00 e. The molecule has 7 rings (SSSR count). The maximum Gasteiger partial charge on any atom is 2.00 e. The normalized spacial score (nSPS) is 11.9. The van der Waals surface area contributed by atoms with Crippen LogP contribution in [0.2, 0.25) is 0 Å². The molecule has 49 heavy (non-hydrogen) atoms. The van der Waals surface area contributed by atoms with Gasteiger partial charge in [-0.3, -0.25) is 4.79 Å². The SMILES string of the molecule is CCCCc1c2nc(c(-c3ccccc3)c3ccc([n-]3)c(CCCCSC(C)=O)c3nc(c(-c4ccccc4)c4ccc1[n-]4)C=C3)C=C2.[Ni+2]. The Labute approximate surface area is 302 Å². The molecule has 0 aliphatic carbocycles. The van der Waals surface area contributed by atoms with Gasteiger partial charge < -0.3 is 9.97 Å². The molecular formula is C42H38N4NiOS. The zero-order valence-corrected chi connectivity index (χ0v) is 29.6. The molecule has 2 aliphatic rings. The zero-order chi connectivity index (χ0) is 32.9. The smallest absolute Gasteiger partial charge is 0.657 e. The van der Waals surface area contributed by atoms with Gasteiger partial charge in [-0.1, -0.05) is 110 Å². The van der Waals surface area contributed by atoms with Crippen LogP contribution in [0, 0.1) is 0 Å². The predicted molar refractivity (Wildman–Crippen MR) is 202 cm³/mol. The molecule has 248 valence electrons. The molecule has 8 bridgehead atoms. The van der Waals surface area contributed by atoms with Gasteiger partial charge in [0.25, 0.3) is 0 Å². The second-order valence-electron chi connectivity index (χ2n) is 12.2. The van der Waals surface area contributed by atoms with E-state index in [1.54, 1.807) is 6.92 Å². The Morgan fingerprint density at radius 1 is 0.592 bits per heavy atom. The first-order valence-electron chi connectivity index (χ1n) is 16.9. The van der Waals surface area contributed by atoms with Crippen LogP contribution in [0.15, 0.2) is 84.9 Å². The summed E-state index contributed by atoms with van der Waals surface area (Å²) in [5.41, 5.74) is 13.8. The standard InChI is InChI=1S/C42H38N4OS.Ni/c1-3-4-17-31-33-19-23-37(43-33)41(29-13-7-5-8-14-29)39-25-21-35(45-39)32(18-11-12-27-48-28(2)47)36-22-26-40(46-36)42(30-15-9-6-10-16-30)38-24-20-34(31)44-38;/h5-10,13-16,19-26H,3-4,11-12,17-18,27H2,1-2H3;/q-2;+2. The summed E-state index contributed by atoms with van der Waals surface area (Å²) >= 11 is 1.39. The summed E-state index contributed by atoms with van der Waals surface area (Å²) in [6.45, 7) is 3.85. The van der Waals surface area contributed by atoms with Crippen molar-refractivity contribution in [3.63, 3.8) is 0 Å². The molecule has 2 aromatic carbocycles. The Bertz CT molecular complexity index is 2140. The fraction of sp³-hybridized carbons (Fsp3) is 0.214. The maximum atomic E-state index is 11.6. The summed E-state index contributed by atoms with van der Waals surface area (Å²) in [5, 5.41) is 0.161. The molecule has 5 heterocycles. The first kappa shape index (κ1) is 34.4. The monoisotopic (exact) mass is 704 g/mol. The zero-order valence-electron chi connectivity index (χ0n) is 27.8. The summed E-state index contributed by atoms with van der Waals surface area (Å²) in [7, 11) is 0. The van der Waals surface area contributed by atoms with E-state index in [0.717, 1.165) is 123 Å². The molecule has 7 heteroatoms. The van der Waals surface area contributed by atoms with Gasteiger partial charge in [-0.15, -0.1) is 22.1 Å². The minimum absolute atomic E-state index is 0. The second kappa shape index (κ2) is 15.8. The van der Waals surface area contributed by atoms with E-state index >= 15 is 0 Å². The van der Waals surface area contributed by atoms with Crippen LogP contribution in [0.1, 0.15) is 73.4 Å². The molecule has 0 spiro atoms. The Balaban J connectivity index is 0.00000417. The van der Waals surface area contributed by atoms with Crippen LogP contribution in [0.5, 0.6) is 0 Å². The van der Waals surface area contributed by atoms with Gasteiger partial charge in [0.2, 0.25) is 0 Å². The number of hydrogen-bond acceptors (Lipinski definition) is 4. The number of rotatable bonds is 10. The summed E-state index contributed by atoms with van der Waals surface area (Å²) in [6.07, 6.45) is 14.2. The molecule has 0 atom stereocenters. The molecular weight excluding hydrogens is 667 g/mol. The van der Waals surface area contributed by atoms with Gasteiger partial charge in [0.15, 0.2) is 5.12 Å². The predicted octanol–water partition coefficient (Wildman–Crippen LogP) is 10.2. The van der Waals surface area contributed by atoms with Crippen LogP contribution in [0.4, 0.5) is 0 Å². The molecule has 0 fully saturated rings. The number of thioether (sulfide) groups is 1. The van der Waals surface area contributed by atoms with Crippen molar-refractivity contribution >= 4 is 63.2 Å². The minimum atomic E-state index is 0. The summed E-state index contributed by atoms with van der Waals surface area (Å²) in [5.74, 6) is 0.813. The number of nitrogens with zero attached hydrogens (tertiary/aromatic N) is 4. The van der Waals surface area contributed by atoms with Crippen LogP contribution in [0.25, 0.3) is 68.6 Å². The third-order valence-corrected chi connectivity index (χ3v) is 9.75. The van der Waals surface area contributed by atoms with E-state index in [-0.39, 0.29) is 21.6 Å². The van der Waals surface area contributed by atoms with Crippen molar-refractivity contribution in [2.75, 3.05) is 5.75 Å². The van der Waals surface area contributed by atoms with Crippen molar-refractivity contribution in [3.8, 4) is 22.3 Å². The Morgan fingerprint density at radius 2 is 1.04 bits per heavy atom. The molecule has 0 N–H and O–H groups in total. The van der Waals surface area contributed by atoms with Crippen molar-refractivity contribution in [2.24, 2.45) is 0 Å². The second-order valence-corrected chi connectivity index (χ2v) is 13.5. The van der Waals surface area contributed by atoms with Crippen LogP contribution >= 0.6 is 11.8 Å². The van der Waals surface area contributed by atoms with Crippen LogP contribution in [0.3, 0.4) is 0 Å². The van der Waals surface area contributed by atoms with E-state index in [4.69, 9.17) is 19.9 Å². The maximum absolute atomic E-state index is 11.6. The number of carbonyl (C=O) groups excluding carboxylic acids is 1. The fourth-order valence-electron chi connectivity index (χ4n) is 6.49. The number of hydrogen-bond donors (Lipinski definition) is 0. The van der Waals surface area contributed by atoms with Gasteiger partial charge in [-0.05, 0) is 89.8 Å². The van der Waals surface area contributed by atoms with Crippen molar-refractivity contribution in [3.05, 3.63) is 119 Å². The molecule has 0 radical (unpaired) electrons. The van der Waals surface area contributed by atoms with Crippen LogP contribution in [-0.2, 0) is 34.1 Å². The van der Waals surface area contributed by atoms with Gasteiger partial charge in [-0.2, -0.15) is 0 Å².